The summed E-state index contributed by atoms with van der Waals surface area (Å²) in [6, 6.07) is 0. The van der Waals surface area contributed by atoms with Crippen molar-refractivity contribution in [3.8, 4) is 0 Å². The number of nitrogens with zero attached hydrogens (tertiary/aromatic N) is 1. The van der Waals surface area contributed by atoms with Gasteiger partial charge in [-0.05, 0) is 41.7 Å². The van der Waals surface area contributed by atoms with E-state index in [4.69, 9.17) is 10.5 Å². The van der Waals surface area contributed by atoms with Crippen molar-refractivity contribution in [1.29, 1.82) is 0 Å². The lowest BCUT2D eigenvalue weighted by Gasteiger charge is -2.48. The fourth-order valence-electron chi connectivity index (χ4n) is 2.78. The second-order valence-corrected chi connectivity index (χ2v) is 6.71. The smallest absolute Gasteiger partial charge is 0.238 e. The first-order valence-electron chi connectivity index (χ1n) is 6.41. The van der Waals surface area contributed by atoms with Gasteiger partial charge in [0.25, 0.3) is 0 Å². The maximum Gasteiger partial charge on any atom is 0.238 e. The average molecular weight is 257 g/mol. The van der Waals surface area contributed by atoms with Crippen LogP contribution in [0, 0.1) is 0 Å². The van der Waals surface area contributed by atoms with Gasteiger partial charge in [0.15, 0.2) is 0 Å². The van der Waals surface area contributed by atoms with Crippen molar-refractivity contribution in [1.82, 2.24) is 10.2 Å². The quantitative estimate of drug-likeness (QED) is 0.762. The Hall–Kier alpha value is -0.650. The van der Waals surface area contributed by atoms with Gasteiger partial charge in [-0.15, -0.1) is 0 Å². The number of ether oxygens (including phenoxy) is 1. The molecule has 1 aliphatic rings. The Bertz CT molecular complexity index is 312. The summed E-state index contributed by atoms with van der Waals surface area (Å²) in [5.41, 5.74) is 4.34. The van der Waals surface area contributed by atoms with E-state index in [1.54, 1.807) is 7.05 Å². The van der Waals surface area contributed by atoms with Crippen molar-refractivity contribution in [3.05, 3.63) is 0 Å². The van der Waals surface area contributed by atoms with Gasteiger partial charge in [0.2, 0.25) is 5.91 Å². The maximum atomic E-state index is 11.6. The summed E-state index contributed by atoms with van der Waals surface area (Å²) in [4.78, 5) is 13.8. The van der Waals surface area contributed by atoms with E-state index in [1.165, 1.54) is 0 Å². The van der Waals surface area contributed by atoms with Crippen LogP contribution in [0.1, 0.15) is 34.6 Å². The van der Waals surface area contributed by atoms with Gasteiger partial charge in [-0.2, -0.15) is 0 Å². The maximum absolute atomic E-state index is 11.6. The van der Waals surface area contributed by atoms with Gasteiger partial charge in [0.1, 0.15) is 5.54 Å². The minimum Gasteiger partial charge on any atom is -0.368 e. The van der Waals surface area contributed by atoms with Crippen LogP contribution in [0.4, 0.5) is 0 Å². The van der Waals surface area contributed by atoms with Gasteiger partial charge in [0, 0.05) is 19.6 Å². The summed E-state index contributed by atoms with van der Waals surface area (Å²) >= 11 is 0. The summed E-state index contributed by atoms with van der Waals surface area (Å²) in [7, 11) is 1.77. The van der Waals surface area contributed by atoms with Crippen molar-refractivity contribution >= 4 is 5.91 Å². The number of amides is 1. The molecule has 1 fully saturated rings. The molecule has 1 saturated heterocycles. The van der Waals surface area contributed by atoms with Crippen molar-refractivity contribution in [3.63, 3.8) is 0 Å². The Morgan fingerprint density at radius 3 is 2.11 bits per heavy atom. The fraction of sp³-hybridized carbons (Fsp3) is 0.923. The molecule has 1 unspecified atom stereocenters. The Balaban J connectivity index is 2.81. The Labute approximate surface area is 110 Å². The standard InChI is InChI=1S/C13H27N3O2/c1-11(2)7-16(8-12(3,4)18-11)9-13(5,15-6)10(14)17/h15H,7-9H2,1-6H3,(H2,14,17). The number of morpholine rings is 1. The van der Waals surface area contributed by atoms with E-state index in [-0.39, 0.29) is 17.1 Å². The van der Waals surface area contributed by atoms with Gasteiger partial charge in [-0.3, -0.25) is 9.69 Å². The van der Waals surface area contributed by atoms with Crippen molar-refractivity contribution in [2.24, 2.45) is 5.73 Å². The van der Waals surface area contributed by atoms with E-state index in [0.717, 1.165) is 13.1 Å². The number of hydrogen-bond donors (Lipinski definition) is 2. The largest absolute Gasteiger partial charge is 0.368 e. The van der Waals surface area contributed by atoms with Crippen LogP contribution < -0.4 is 11.1 Å². The Kier molecular flexibility index (Phi) is 4.10. The monoisotopic (exact) mass is 257 g/mol. The lowest BCUT2D eigenvalue weighted by Crippen LogP contribution is -2.64. The highest BCUT2D eigenvalue weighted by Crippen LogP contribution is 2.28. The van der Waals surface area contributed by atoms with Crippen molar-refractivity contribution in [2.45, 2.75) is 51.4 Å². The molecule has 5 nitrogen and oxygen atoms in total. The molecule has 18 heavy (non-hydrogen) atoms. The first-order valence-corrected chi connectivity index (χ1v) is 6.41. The molecule has 1 aliphatic heterocycles. The van der Waals surface area contributed by atoms with Gasteiger partial charge < -0.3 is 15.8 Å². The zero-order chi connectivity index (χ0) is 14.2. The molecule has 0 aromatic rings. The predicted molar refractivity (Wildman–Crippen MR) is 72.3 cm³/mol. The van der Waals surface area contributed by atoms with E-state index in [9.17, 15) is 4.79 Å². The number of primary amides is 1. The van der Waals surface area contributed by atoms with E-state index < -0.39 is 5.54 Å². The molecular formula is C13H27N3O2. The van der Waals surface area contributed by atoms with E-state index in [1.807, 2.05) is 6.92 Å². The third-order valence-corrected chi connectivity index (χ3v) is 3.40. The molecule has 5 heteroatoms. The second-order valence-electron chi connectivity index (χ2n) is 6.71. The molecule has 0 aromatic heterocycles. The second kappa shape index (κ2) is 4.79. The zero-order valence-electron chi connectivity index (χ0n) is 12.5. The lowest BCUT2D eigenvalue weighted by atomic mass is 9.95. The molecule has 0 radical (unpaired) electrons. The SMILES string of the molecule is CNC(C)(CN1CC(C)(C)OC(C)(C)C1)C(N)=O. The zero-order valence-corrected chi connectivity index (χ0v) is 12.5. The minimum atomic E-state index is -0.705. The number of hydrogen-bond acceptors (Lipinski definition) is 4. The van der Waals surface area contributed by atoms with Gasteiger partial charge in [-0.1, -0.05) is 0 Å². The van der Waals surface area contributed by atoms with Gasteiger partial charge in [0.05, 0.1) is 11.2 Å². The average Bonchev–Trinajstić information content (AvgIpc) is 2.11. The predicted octanol–water partition coefficient (Wildman–Crippen LogP) is 0.339. The highest BCUT2D eigenvalue weighted by Gasteiger charge is 2.41. The van der Waals surface area contributed by atoms with Crippen LogP contribution in [0.5, 0.6) is 0 Å². The van der Waals surface area contributed by atoms with Gasteiger partial charge in [-0.25, -0.2) is 0 Å². The van der Waals surface area contributed by atoms with Gasteiger partial charge >= 0.3 is 0 Å². The highest BCUT2D eigenvalue weighted by molar-refractivity contribution is 5.84. The molecule has 3 N–H and O–H groups in total. The number of carbonyl (C=O) groups is 1. The van der Waals surface area contributed by atoms with E-state index in [0.29, 0.717) is 6.54 Å². The lowest BCUT2D eigenvalue weighted by molar-refractivity contribution is -0.183. The number of rotatable bonds is 4. The Morgan fingerprint density at radius 2 is 1.78 bits per heavy atom. The summed E-state index contributed by atoms with van der Waals surface area (Å²) in [6.45, 7) is 12.3. The molecule has 1 atom stereocenters. The van der Waals surface area contributed by atoms with Crippen LogP contribution in [0.25, 0.3) is 0 Å². The summed E-state index contributed by atoms with van der Waals surface area (Å²) in [6.07, 6.45) is 0. The minimum absolute atomic E-state index is 0.214. The molecule has 1 rings (SSSR count). The summed E-state index contributed by atoms with van der Waals surface area (Å²) < 4.78 is 6.02. The highest BCUT2D eigenvalue weighted by atomic mass is 16.5. The molecule has 0 bridgehead atoms. The van der Waals surface area contributed by atoms with E-state index in [2.05, 4.69) is 37.9 Å². The number of carbonyl (C=O) groups excluding carboxylic acids is 1. The first kappa shape index (κ1) is 15.4. The van der Waals surface area contributed by atoms with Crippen molar-refractivity contribution in [2.75, 3.05) is 26.7 Å². The van der Waals surface area contributed by atoms with Crippen LogP contribution in [-0.4, -0.2) is 54.2 Å². The molecule has 1 amide bonds. The third-order valence-electron chi connectivity index (χ3n) is 3.40. The molecule has 0 aromatic carbocycles. The number of likely N-dealkylation sites (N-methyl/N-ethyl adjacent to an activating group) is 1. The van der Waals surface area contributed by atoms with Crippen LogP contribution in [0.3, 0.4) is 0 Å². The normalized spacial score (nSPS) is 26.6. The molecule has 0 saturated carbocycles. The van der Waals surface area contributed by atoms with E-state index >= 15 is 0 Å². The molecule has 0 spiro atoms. The molecular weight excluding hydrogens is 230 g/mol. The third kappa shape index (κ3) is 3.67. The fourth-order valence-corrected chi connectivity index (χ4v) is 2.78. The first-order chi connectivity index (χ1) is 8.00. The topological polar surface area (TPSA) is 67.6 Å². The molecule has 106 valence electrons. The van der Waals surface area contributed by atoms with Crippen LogP contribution in [0.15, 0.2) is 0 Å². The van der Waals surface area contributed by atoms with Crippen LogP contribution >= 0.6 is 0 Å². The number of nitrogens with one attached hydrogen (secondary N) is 1. The van der Waals surface area contributed by atoms with Crippen LogP contribution in [0.2, 0.25) is 0 Å². The molecule has 1 heterocycles. The van der Waals surface area contributed by atoms with Crippen molar-refractivity contribution < 1.29 is 9.53 Å². The number of nitrogens with two attached hydrogens (primary N) is 1. The summed E-state index contributed by atoms with van der Waals surface area (Å²) in [5, 5.41) is 3.02. The Morgan fingerprint density at radius 1 is 1.33 bits per heavy atom. The summed E-state index contributed by atoms with van der Waals surface area (Å²) in [5.74, 6) is -0.327. The van der Waals surface area contributed by atoms with Crippen LogP contribution in [-0.2, 0) is 9.53 Å². The molecule has 0 aliphatic carbocycles.